The van der Waals surface area contributed by atoms with E-state index in [1.807, 2.05) is 19.4 Å². The molecule has 0 unspecified atom stereocenters. The van der Waals surface area contributed by atoms with Crippen LogP contribution in [0.15, 0.2) is 29.5 Å². The number of piperidine rings is 1. The molecule has 1 fully saturated rings. The van der Waals surface area contributed by atoms with Crippen LogP contribution in [-0.4, -0.2) is 44.7 Å². The van der Waals surface area contributed by atoms with E-state index < -0.39 is 0 Å². The molecule has 1 aliphatic rings. The number of pyridine rings is 1. The summed E-state index contributed by atoms with van der Waals surface area (Å²) >= 11 is 0. The van der Waals surface area contributed by atoms with Crippen molar-refractivity contribution in [2.24, 2.45) is 10.9 Å². The predicted octanol–water partition coefficient (Wildman–Crippen LogP) is 1.48. The van der Waals surface area contributed by atoms with Crippen LogP contribution in [0.3, 0.4) is 0 Å². The summed E-state index contributed by atoms with van der Waals surface area (Å²) in [6.45, 7) is 3.29. The summed E-state index contributed by atoms with van der Waals surface area (Å²) in [4.78, 5) is 10.7. The van der Waals surface area contributed by atoms with Gasteiger partial charge in [0.1, 0.15) is 0 Å². The zero-order valence-electron chi connectivity index (χ0n) is 12.5. The van der Waals surface area contributed by atoms with Crippen LogP contribution in [0.4, 0.5) is 5.69 Å². The third-order valence-electron chi connectivity index (χ3n) is 3.95. The first kappa shape index (κ1) is 14.6. The molecule has 1 aromatic heterocycles. The van der Waals surface area contributed by atoms with Crippen molar-refractivity contribution in [3.8, 4) is 0 Å². The van der Waals surface area contributed by atoms with E-state index in [2.05, 4.69) is 37.6 Å². The number of hydrogen-bond acceptors (Lipinski definition) is 3. The standard InChI is InChI=1S/C15H25N5/c1-16-15(17-2)19-10-3-13-6-11-20(12-7-13)14-4-8-18-9-5-14/h4-5,8-9,13H,3,6-7,10-12H2,1-2H3,(H2,16,17,19). The van der Waals surface area contributed by atoms with E-state index in [1.54, 1.807) is 7.05 Å². The molecule has 0 aliphatic carbocycles. The third kappa shape index (κ3) is 4.11. The molecule has 1 aromatic rings. The van der Waals surface area contributed by atoms with Crippen molar-refractivity contribution >= 4 is 11.6 Å². The van der Waals surface area contributed by atoms with Gasteiger partial charge in [0.15, 0.2) is 5.96 Å². The Morgan fingerprint density at radius 1 is 1.35 bits per heavy atom. The van der Waals surface area contributed by atoms with E-state index in [0.717, 1.165) is 31.5 Å². The van der Waals surface area contributed by atoms with Gasteiger partial charge in [-0.2, -0.15) is 0 Å². The van der Waals surface area contributed by atoms with Gasteiger partial charge in [-0.1, -0.05) is 0 Å². The summed E-state index contributed by atoms with van der Waals surface area (Å²) in [5.41, 5.74) is 1.30. The molecule has 0 radical (unpaired) electrons. The molecule has 2 rings (SSSR count). The first-order valence-electron chi connectivity index (χ1n) is 7.37. The van der Waals surface area contributed by atoms with Gasteiger partial charge in [0.05, 0.1) is 0 Å². The maximum absolute atomic E-state index is 4.12. The van der Waals surface area contributed by atoms with Crippen molar-refractivity contribution in [3.05, 3.63) is 24.5 Å². The van der Waals surface area contributed by atoms with E-state index >= 15 is 0 Å². The summed E-state index contributed by atoms with van der Waals surface area (Å²) < 4.78 is 0. The van der Waals surface area contributed by atoms with Gasteiger partial charge in [0.25, 0.3) is 0 Å². The Kier molecular flexibility index (Phi) is 5.65. The quantitative estimate of drug-likeness (QED) is 0.645. The molecule has 2 N–H and O–H groups in total. The van der Waals surface area contributed by atoms with Gasteiger partial charge in [-0.15, -0.1) is 0 Å². The van der Waals surface area contributed by atoms with Crippen molar-refractivity contribution in [2.75, 3.05) is 38.6 Å². The highest BCUT2D eigenvalue weighted by Crippen LogP contribution is 2.24. The van der Waals surface area contributed by atoms with Gasteiger partial charge in [0, 0.05) is 51.8 Å². The van der Waals surface area contributed by atoms with Crippen molar-refractivity contribution in [1.82, 2.24) is 15.6 Å². The normalized spacial score (nSPS) is 17.1. The molecular formula is C15H25N5. The maximum Gasteiger partial charge on any atom is 0.190 e. The van der Waals surface area contributed by atoms with Crippen molar-refractivity contribution in [1.29, 1.82) is 0 Å². The lowest BCUT2D eigenvalue weighted by Crippen LogP contribution is -2.38. The van der Waals surface area contributed by atoms with Crippen molar-refractivity contribution in [3.63, 3.8) is 0 Å². The highest BCUT2D eigenvalue weighted by molar-refractivity contribution is 5.79. The van der Waals surface area contributed by atoms with Crippen molar-refractivity contribution < 1.29 is 0 Å². The number of rotatable bonds is 4. The summed E-state index contributed by atoms with van der Waals surface area (Å²) in [6.07, 6.45) is 7.48. The minimum absolute atomic E-state index is 0.815. The molecule has 0 spiro atoms. The Morgan fingerprint density at radius 2 is 2.05 bits per heavy atom. The Hall–Kier alpha value is -1.78. The number of nitrogens with one attached hydrogen (secondary N) is 2. The van der Waals surface area contributed by atoms with E-state index in [1.165, 1.54) is 24.9 Å². The third-order valence-corrected chi connectivity index (χ3v) is 3.95. The largest absolute Gasteiger partial charge is 0.371 e. The van der Waals surface area contributed by atoms with Crippen LogP contribution in [0.2, 0.25) is 0 Å². The zero-order chi connectivity index (χ0) is 14.2. The summed E-state index contributed by atoms with van der Waals surface area (Å²) in [6, 6.07) is 4.19. The molecule has 0 aromatic carbocycles. The molecule has 0 saturated carbocycles. The molecule has 110 valence electrons. The maximum atomic E-state index is 4.12. The van der Waals surface area contributed by atoms with Crippen LogP contribution >= 0.6 is 0 Å². The van der Waals surface area contributed by atoms with E-state index in [-0.39, 0.29) is 0 Å². The SMILES string of the molecule is CN=C(NC)NCCC1CCN(c2ccncc2)CC1. The Labute approximate surface area is 121 Å². The number of nitrogens with zero attached hydrogens (tertiary/aromatic N) is 3. The summed E-state index contributed by atoms with van der Waals surface area (Å²) in [7, 11) is 3.69. The summed E-state index contributed by atoms with van der Waals surface area (Å²) in [5.74, 6) is 1.69. The molecule has 0 atom stereocenters. The minimum atomic E-state index is 0.815. The van der Waals surface area contributed by atoms with Crippen LogP contribution in [0, 0.1) is 5.92 Å². The first-order valence-corrected chi connectivity index (χ1v) is 7.37. The first-order chi connectivity index (χ1) is 9.83. The molecule has 20 heavy (non-hydrogen) atoms. The smallest absolute Gasteiger partial charge is 0.190 e. The van der Waals surface area contributed by atoms with Crippen LogP contribution in [0.1, 0.15) is 19.3 Å². The Bertz CT molecular complexity index is 410. The van der Waals surface area contributed by atoms with Gasteiger partial charge in [-0.05, 0) is 37.3 Å². The fourth-order valence-corrected chi connectivity index (χ4v) is 2.71. The second kappa shape index (κ2) is 7.72. The number of aromatic nitrogens is 1. The average Bonchev–Trinajstić information content (AvgIpc) is 2.53. The highest BCUT2D eigenvalue weighted by atomic mass is 15.2. The van der Waals surface area contributed by atoms with Gasteiger partial charge >= 0.3 is 0 Å². The lowest BCUT2D eigenvalue weighted by molar-refractivity contribution is 0.381. The molecule has 5 heteroatoms. The fourth-order valence-electron chi connectivity index (χ4n) is 2.71. The monoisotopic (exact) mass is 275 g/mol. The number of anilines is 1. The average molecular weight is 275 g/mol. The van der Waals surface area contributed by atoms with Gasteiger partial charge in [-0.3, -0.25) is 9.98 Å². The molecule has 1 saturated heterocycles. The fraction of sp³-hybridized carbons (Fsp3) is 0.600. The lowest BCUT2D eigenvalue weighted by atomic mass is 9.93. The molecular weight excluding hydrogens is 250 g/mol. The second-order valence-corrected chi connectivity index (χ2v) is 5.17. The molecule has 5 nitrogen and oxygen atoms in total. The molecule has 1 aliphatic heterocycles. The van der Waals surface area contributed by atoms with Gasteiger partial charge in [0.2, 0.25) is 0 Å². The van der Waals surface area contributed by atoms with E-state index in [9.17, 15) is 0 Å². The second-order valence-electron chi connectivity index (χ2n) is 5.17. The number of guanidine groups is 1. The Morgan fingerprint density at radius 3 is 2.65 bits per heavy atom. The van der Waals surface area contributed by atoms with Gasteiger partial charge in [-0.25, -0.2) is 0 Å². The molecule has 2 heterocycles. The van der Waals surface area contributed by atoms with Crippen molar-refractivity contribution in [2.45, 2.75) is 19.3 Å². The number of aliphatic imine (C=N–C) groups is 1. The van der Waals surface area contributed by atoms with Crippen LogP contribution in [0.25, 0.3) is 0 Å². The Balaban J connectivity index is 1.70. The highest BCUT2D eigenvalue weighted by Gasteiger charge is 2.19. The molecule has 0 amide bonds. The number of hydrogen-bond donors (Lipinski definition) is 2. The lowest BCUT2D eigenvalue weighted by Gasteiger charge is -2.33. The van der Waals surface area contributed by atoms with Crippen LogP contribution in [-0.2, 0) is 0 Å². The molecule has 0 bridgehead atoms. The zero-order valence-corrected chi connectivity index (χ0v) is 12.5. The topological polar surface area (TPSA) is 52.6 Å². The van der Waals surface area contributed by atoms with Gasteiger partial charge < -0.3 is 15.5 Å². The van der Waals surface area contributed by atoms with Crippen LogP contribution in [0.5, 0.6) is 0 Å². The summed E-state index contributed by atoms with van der Waals surface area (Å²) in [5, 5.41) is 6.37. The predicted molar refractivity (Wildman–Crippen MR) is 84.2 cm³/mol. The van der Waals surface area contributed by atoms with E-state index in [0.29, 0.717) is 0 Å². The van der Waals surface area contributed by atoms with E-state index in [4.69, 9.17) is 0 Å². The minimum Gasteiger partial charge on any atom is -0.371 e. The van der Waals surface area contributed by atoms with Crippen LogP contribution < -0.4 is 15.5 Å².